The molecule has 4 rings (SSSR count). The number of ether oxygens (including phenoxy) is 2. The minimum Gasteiger partial charge on any atom is -0.462 e. The molecule has 0 aliphatic carbocycles. The van der Waals surface area contributed by atoms with Crippen molar-refractivity contribution >= 4 is 46.7 Å². The Hall–Kier alpha value is -4.43. The van der Waals surface area contributed by atoms with Crippen LogP contribution in [0.25, 0.3) is 0 Å². The van der Waals surface area contributed by atoms with Crippen molar-refractivity contribution in [1.29, 1.82) is 0 Å². The van der Waals surface area contributed by atoms with E-state index in [1.54, 1.807) is 43.3 Å². The first-order valence-corrected chi connectivity index (χ1v) is 12.3. The Morgan fingerprint density at radius 3 is 2.18 bits per heavy atom. The lowest BCUT2D eigenvalue weighted by Crippen LogP contribution is -2.33. The van der Waals surface area contributed by atoms with Crippen molar-refractivity contribution < 1.29 is 28.7 Å². The summed E-state index contributed by atoms with van der Waals surface area (Å²) in [6, 6.07) is 19.6. The van der Waals surface area contributed by atoms with Gasteiger partial charge in [-0.25, -0.2) is 14.5 Å². The van der Waals surface area contributed by atoms with Crippen molar-refractivity contribution in [2.45, 2.75) is 26.7 Å². The smallest absolute Gasteiger partial charge is 0.343 e. The molecule has 0 radical (unpaired) electrons. The van der Waals surface area contributed by atoms with Gasteiger partial charge in [-0.05, 0) is 66.9 Å². The highest BCUT2D eigenvalue weighted by Crippen LogP contribution is 2.32. The second kappa shape index (κ2) is 11.3. The van der Waals surface area contributed by atoms with Crippen LogP contribution in [0, 0.1) is 0 Å². The average molecular weight is 533 g/mol. The fourth-order valence-electron chi connectivity index (χ4n) is 3.80. The molecule has 0 fully saturated rings. The van der Waals surface area contributed by atoms with Crippen LogP contribution >= 0.6 is 11.6 Å². The maximum absolute atomic E-state index is 13.2. The van der Waals surface area contributed by atoms with E-state index in [2.05, 4.69) is 19.2 Å². The van der Waals surface area contributed by atoms with Crippen LogP contribution in [0.15, 0.2) is 83.5 Å². The van der Waals surface area contributed by atoms with Gasteiger partial charge in [-0.2, -0.15) is 0 Å². The molecule has 1 N–H and O–H groups in total. The summed E-state index contributed by atoms with van der Waals surface area (Å²) in [5.74, 6) is -1.93. The predicted octanol–water partition coefficient (Wildman–Crippen LogP) is 5.64. The Morgan fingerprint density at radius 2 is 1.55 bits per heavy atom. The number of carbonyl (C=O) groups excluding carboxylic acids is 4. The molecule has 2 amide bonds. The zero-order chi connectivity index (χ0) is 27.4. The average Bonchev–Trinajstić information content (AvgIpc) is 3.12. The van der Waals surface area contributed by atoms with Gasteiger partial charge in [0.25, 0.3) is 11.8 Å². The number of carbonyl (C=O) groups is 4. The number of rotatable bonds is 8. The second-order valence-corrected chi connectivity index (χ2v) is 9.07. The summed E-state index contributed by atoms with van der Waals surface area (Å²) in [5, 5.41) is 2.51. The Balaban J connectivity index is 1.48. The van der Waals surface area contributed by atoms with Crippen molar-refractivity contribution in [1.82, 2.24) is 0 Å². The molecule has 194 valence electrons. The minimum absolute atomic E-state index is 0.0588. The van der Waals surface area contributed by atoms with E-state index in [1.165, 1.54) is 24.3 Å². The third kappa shape index (κ3) is 5.45. The van der Waals surface area contributed by atoms with Crippen molar-refractivity contribution in [3.8, 4) is 5.75 Å². The zero-order valence-electron chi connectivity index (χ0n) is 21.0. The third-order valence-corrected chi connectivity index (χ3v) is 6.17. The van der Waals surface area contributed by atoms with E-state index >= 15 is 0 Å². The lowest BCUT2D eigenvalue weighted by molar-refractivity contribution is -0.120. The molecule has 0 spiro atoms. The first-order valence-electron chi connectivity index (χ1n) is 11.9. The summed E-state index contributed by atoms with van der Waals surface area (Å²) in [6.07, 6.45) is 0. The van der Waals surface area contributed by atoms with E-state index in [9.17, 15) is 19.2 Å². The molecule has 1 heterocycles. The van der Waals surface area contributed by atoms with Gasteiger partial charge in [0.05, 0.1) is 23.4 Å². The van der Waals surface area contributed by atoms with E-state index in [1.807, 2.05) is 12.1 Å². The number of imide groups is 1. The monoisotopic (exact) mass is 532 g/mol. The Labute approximate surface area is 224 Å². The number of nitrogens with zero attached hydrogens (tertiary/aromatic N) is 1. The van der Waals surface area contributed by atoms with Gasteiger partial charge >= 0.3 is 11.9 Å². The number of hydrogen-bond donors (Lipinski definition) is 1. The van der Waals surface area contributed by atoms with Crippen LogP contribution < -0.4 is 15.0 Å². The van der Waals surface area contributed by atoms with Crippen LogP contribution in [0.1, 0.15) is 53.0 Å². The number of hydrogen-bond acceptors (Lipinski definition) is 7. The molecule has 3 aromatic carbocycles. The topological polar surface area (TPSA) is 102 Å². The first kappa shape index (κ1) is 26.6. The molecule has 0 bridgehead atoms. The summed E-state index contributed by atoms with van der Waals surface area (Å²) < 4.78 is 10.5. The van der Waals surface area contributed by atoms with Gasteiger partial charge in [-0.1, -0.05) is 49.7 Å². The quantitative estimate of drug-likeness (QED) is 0.227. The number of nitrogens with one attached hydrogen (secondary N) is 1. The van der Waals surface area contributed by atoms with Crippen LogP contribution in [-0.4, -0.2) is 30.4 Å². The molecule has 0 unspecified atom stereocenters. The van der Waals surface area contributed by atoms with Gasteiger partial charge in [0.2, 0.25) is 0 Å². The van der Waals surface area contributed by atoms with Crippen LogP contribution in [0.5, 0.6) is 5.75 Å². The highest BCUT2D eigenvalue weighted by molar-refractivity contribution is 6.53. The maximum atomic E-state index is 13.2. The van der Waals surface area contributed by atoms with E-state index in [0.29, 0.717) is 22.9 Å². The summed E-state index contributed by atoms with van der Waals surface area (Å²) in [5.41, 5.74) is 1.81. The molecule has 0 aromatic heterocycles. The summed E-state index contributed by atoms with van der Waals surface area (Å²) in [6.45, 7) is 5.94. The van der Waals surface area contributed by atoms with Gasteiger partial charge in [-0.3, -0.25) is 9.59 Å². The number of para-hydroxylation sites is 1. The molecule has 0 saturated heterocycles. The Kier molecular flexibility index (Phi) is 7.93. The molecule has 1 aliphatic rings. The molecule has 38 heavy (non-hydrogen) atoms. The van der Waals surface area contributed by atoms with Crippen molar-refractivity contribution in [3.05, 3.63) is 100 Å². The van der Waals surface area contributed by atoms with Gasteiger partial charge in [-0.15, -0.1) is 0 Å². The number of anilines is 2. The molecular weight excluding hydrogens is 508 g/mol. The first-order chi connectivity index (χ1) is 18.2. The Morgan fingerprint density at radius 1 is 0.895 bits per heavy atom. The van der Waals surface area contributed by atoms with Gasteiger partial charge in [0, 0.05) is 5.69 Å². The van der Waals surface area contributed by atoms with E-state index < -0.39 is 23.8 Å². The van der Waals surface area contributed by atoms with Crippen LogP contribution in [-0.2, 0) is 14.3 Å². The highest BCUT2D eigenvalue weighted by atomic mass is 35.5. The lowest BCUT2D eigenvalue weighted by Gasteiger charge is -2.18. The number of benzene rings is 3. The summed E-state index contributed by atoms with van der Waals surface area (Å²) in [4.78, 5) is 51.8. The normalized spacial score (nSPS) is 13.2. The predicted molar refractivity (Wildman–Crippen MR) is 143 cm³/mol. The number of halogens is 1. The van der Waals surface area contributed by atoms with Crippen LogP contribution in [0.2, 0.25) is 0 Å². The SMILES string of the molecule is CCOC(=O)c1ccccc1N1C(=O)C(Cl)=C(Nc2ccc(C(=O)Oc3ccc(C(C)C)cc3)cc2)C1=O. The molecule has 0 saturated carbocycles. The number of amides is 2. The fraction of sp³-hybridized carbons (Fsp3) is 0.172. The third-order valence-electron chi connectivity index (χ3n) is 5.81. The molecule has 9 heteroatoms. The zero-order valence-corrected chi connectivity index (χ0v) is 21.7. The molecular formula is C29H25ClN2O6. The van der Waals surface area contributed by atoms with Crippen molar-refractivity contribution in [2.75, 3.05) is 16.8 Å². The van der Waals surface area contributed by atoms with Gasteiger partial charge in [0.1, 0.15) is 16.5 Å². The number of esters is 2. The fourth-order valence-corrected chi connectivity index (χ4v) is 4.01. The van der Waals surface area contributed by atoms with Crippen molar-refractivity contribution in [3.63, 3.8) is 0 Å². The van der Waals surface area contributed by atoms with Crippen LogP contribution in [0.4, 0.5) is 11.4 Å². The summed E-state index contributed by atoms with van der Waals surface area (Å²) in [7, 11) is 0. The molecule has 1 aliphatic heterocycles. The van der Waals surface area contributed by atoms with Gasteiger partial charge in [0.15, 0.2) is 0 Å². The molecule has 3 aromatic rings. The van der Waals surface area contributed by atoms with E-state index in [0.717, 1.165) is 10.5 Å². The second-order valence-electron chi connectivity index (χ2n) is 8.69. The van der Waals surface area contributed by atoms with E-state index in [-0.39, 0.29) is 28.6 Å². The molecule has 0 atom stereocenters. The largest absolute Gasteiger partial charge is 0.462 e. The van der Waals surface area contributed by atoms with Crippen molar-refractivity contribution in [2.24, 2.45) is 0 Å². The standard InChI is InChI=1S/C29H25ClN2O6/c1-4-37-29(36)22-7-5-6-8-23(22)32-26(33)24(30)25(27(32)34)31-20-13-9-19(10-14-20)28(35)38-21-15-11-18(12-16-21)17(2)3/h5-17,31H,4H2,1-3H3. The van der Waals surface area contributed by atoms with Crippen LogP contribution in [0.3, 0.4) is 0 Å². The van der Waals surface area contributed by atoms with E-state index in [4.69, 9.17) is 21.1 Å². The summed E-state index contributed by atoms with van der Waals surface area (Å²) >= 11 is 6.23. The maximum Gasteiger partial charge on any atom is 0.343 e. The highest BCUT2D eigenvalue weighted by Gasteiger charge is 2.40. The minimum atomic E-state index is -0.778. The molecule has 8 nitrogen and oxygen atoms in total. The Bertz CT molecular complexity index is 1430. The van der Waals surface area contributed by atoms with Gasteiger partial charge < -0.3 is 14.8 Å². The lowest BCUT2D eigenvalue weighted by atomic mass is 10.0.